The molecule has 1 atom stereocenters. The van der Waals surface area contributed by atoms with E-state index in [9.17, 15) is 8.78 Å². The van der Waals surface area contributed by atoms with Crippen LogP contribution in [0.2, 0.25) is 0 Å². The molecule has 1 rings (SSSR count). The second-order valence-electron chi connectivity index (χ2n) is 7.43. The van der Waals surface area contributed by atoms with E-state index in [1.807, 2.05) is 12.1 Å². The molecule has 0 heterocycles. The molecule has 120 valence electrons. The van der Waals surface area contributed by atoms with Gasteiger partial charge in [-0.1, -0.05) is 32.9 Å². The second kappa shape index (κ2) is 6.73. The van der Waals surface area contributed by atoms with Gasteiger partial charge in [-0.15, -0.1) is 0 Å². The van der Waals surface area contributed by atoms with Gasteiger partial charge < -0.3 is 10.1 Å². The van der Waals surface area contributed by atoms with Crippen LogP contribution in [0.4, 0.5) is 8.78 Å². The molecule has 1 aromatic rings. The van der Waals surface area contributed by atoms with Crippen molar-refractivity contribution >= 4 is 0 Å². The third-order valence-corrected chi connectivity index (χ3v) is 3.18. The minimum Gasteiger partial charge on any atom is -0.435 e. The van der Waals surface area contributed by atoms with Crippen molar-refractivity contribution in [1.29, 1.82) is 0 Å². The van der Waals surface area contributed by atoms with E-state index in [4.69, 9.17) is 0 Å². The highest BCUT2D eigenvalue weighted by Crippen LogP contribution is 2.29. The van der Waals surface area contributed by atoms with Gasteiger partial charge in [-0.3, -0.25) is 0 Å². The number of alkyl halides is 2. The van der Waals surface area contributed by atoms with Gasteiger partial charge in [-0.2, -0.15) is 8.78 Å². The molecule has 21 heavy (non-hydrogen) atoms. The Balaban J connectivity index is 2.68. The van der Waals surface area contributed by atoms with E-state index in [0.717, 1.165) is 12.0 Å². The predicted molar refractivity (Wildman–Crippen MR) is 82.8 cm³/mol. The topological polar surface area (TPSA) is 21.3 Å². The van der Waals surface area contributed by atoms with Crippen LogP contribution in [-0.2, 0) is 0 Å². The van der Waals surface area contributed by atoms with Crippen LogP contribution in [0, 0.1) is 5.41 Å². The summed E-state index contributed by atoms with van der Waals surface area (Å²) in [6.45, 7) is 10.3. The summed E-state index contributed by atoms with van der Waals surface area (Å²) in [4.78, 5) is 0. The first-order valence-electron chi connectivity index (χ1n) is 7.31. The van der Waals surface area contributed by atoms with Crippen molar-refractivity contribution in [3.63, 3.8) is 0 Å². The van der Waals surface area contributed by atoms with Crippen molar-refractivity contribution in [2.75, 3.05) is 0 Å². The second-order valence-corrected chi connectivity index (χ2v) is 7.43. The van der Waals surface area contributed by atoms with Crippen LogP contribution in [0.1, 0.15) is 59.6 Å². The third-order valence-electron chi connectivity index (χ3n) is 3.18. The standard InChI is InChI=1S/C17H27F2NO/c1-12(20-17(5,6)11-16(2,3)4)13-7-9-14(10-8-13)21-15(18)19/h7-10,12,15,20H,11H2,1-6H3. The number of benzene rings is 1. The molecule has 0 aliphatic rings. The van der Waals surface area contributed by atoms with Gasteiger partial charge in [0.2, 0.25) is 0 Å². The molecule has 1 unspecified atom stereocenters. The number of nitrogens with one attached hydrogen (secondary N) is 1. The zero-order valence-corrected chi connectivity index (χ0v) is 13.8. The van der Waals surface area contributed by atoms with Crippen LogP contribution in [0.15, 0.2) is 24.3 Å². The lowest BCUT2D eigenvalue weighted by Crippen LogP contribution is -2.43. The molecule has 0 aliphatic carbocycles. The third kappa shape index (κ3) is 6.89. The summed E-state index contributed by atoms with van der Waals surface area (Å²) in [7, 11) is 0. The van der Waals surface area contributed by atoms with Crippen molar-refractivity contribution in [3.05, 3.63) is 29.8 Å². The molecule has 0 aliphatic heterocycles. The Bertz CT molecular complexity index is 435. The molecule has 0 saturated heterocycles. The zero-order chi connectivity index (χ0) is 16.3. The van der Waals surface area contributed by atoms with E-state index in [1.54, 1.807) is 12.1 Å². The Hall–Kier alpha value is -1.16. The van der Waals surface area contributed by atoms with Crippen LogP contribution in [0.5, 0.6) is 5.75 Å². The monoisotopic (exact) mass is 299 g/mol. The molecule has 0 amide bonds. The molecule has 0 radical (unpaired) electrons. The zero-order valence-electron chi connectivity index (χ0n) is 13.8. The van der Waals surface area contributed by atoms with Crippen molar-refractivity contribution in [1.82, 2.24) is 5.32 Å². The number of rotatable bonds is 6. The fourth-order valence-corrected chi connectivity index (χ4v) is 2.98. The summed E-state index contributed by atoms with van der Waals surface area (Å²) in [5.74, 6) is 0.190. The highest BCUT2D eigenvalue weighted by molar-refractivity contribution is 5.29. The largest absolute Gasteiger partial charge is 0.435 e. The van der Waals surface area contributed by atoms with Gasteiger partial charge in [0.25, 0.3) is 0 Å². The summed E-state index contributed by atoms with van der Waals surface area (Å²) >= 11 is 0. The van der Waals surface area contributed by atoms with Gasteiger partial charge in [-0.25, -0.2) is 0 Å². The fourth-order valence-electron chi connectivity index (χ4n) is 2.98. The van der Waals surface area contributed by atoms with E-state index in [1.165, 1.54) is 0 Å². The summed E-state index contributed by atoms with van der Waals surface area (Å²) in [5.41, 5.74) is 1.29. The molecule has 2 nitrogen and oxygen atoms in total. The van der Waals surface area contributed by atoms with Gasteiger partial charge in [-0.05, 0) is 50.3 Å². The average Bonchev–Trinajstić information content (AvgIpc) is 2.24. The molecule has 1 aromatic carbocycles. The van der Waals surface area contributed by atoms with E-state index >= 15 is 0 Å². The maximum absolute atomic E-state index is 12.1. The van der Waals surface area contributed by atoms with Crippen LogP contribution < -0.4 is 10.1 Å². The Morgan fingerprint density at radius 2 is 1.57 bits per heavy atom. The minimum absolute atomic E-state index is 0.00416. The first kappa shape index (κ1) is 17.9. The summed E-state index contributed by atoms with van der Waals surface area (Å²) in [6.07, 6.45) is 1.04. The average molecular weight is 299 g/mol. The minimum atomic E-state index is -2.78. The Labute approximate surface area is 126 Å². The van der Waals surface area contributed by atoms with Crippen molar-refractivity contribution in [3.8, 4) is 5.75 Å². The highest BCUT2D eigenvalue weighted by atomic mass is 19.3. The Kier molecular flexibility index (Phi) is 5.74. The predicted octanol–water partition coefficient (Wildman–Crippen LogP) is 5.15. The van der Waals surface area contributed by atoms with Crippen LogP contribution >= 0.6 is 0 Å². The lowest BCUT2D eigenvalue weighted by molar-refractivity contribution is -0.0498. The number of halogens is 2. The molecular weight excluding hydrogens is 272 g/mol. The SMILES string of the molecule is CC(NC(C)(C)CC(C)(C)C)c1ccc(OC(F)F)cc1. The molecule has 0 bridgehead atoms. The molecule has 0 fully saturated rings. The van der Waals surface area contributed by atoms with Gasteiger partial charge in [0, 0.05) is 11.6 Å². The van der Waals surface area contributed by atoms with Crippen LogP contribution in [-0.4, -0.2) is 12.2 Å². The van der Waals surface area contributed by atoms with E-state index in [2.05, 4.69) is 51.6 Å². The molecule has 4 heteroatoms. The first-order chi connectivity index (χ1) is 9.48. The maximum Gasteiger partial charge on any atom is 0.387 e. The number of ether oxygens (including phenoxy) is 1. The van der Waals surface area contributed by atoms with Gasteiger partial charge in [0.1, 0.15) is 5.75 Å². The highest BCUT2D eigenvalue weighted by Gasteiger charge is 2.26. The Morgan fingerprint density at radius 3 is 2.00 bits per heavy atom. The van der Waals surface area contributed by atoms with Gasteiger partial charge in [0.15, 0.2) is 0 Å². The summed E-state index contributed by atoms with van der Waals surface area (Å²) < 4.78 is 28.6. The smallest absolute Gasteiger partial charge is 0.387 e. The molecule has 0 saturated carbocycles. The molecule has 1 N–H and O–H groups in total. The molecular formula is C17H27F2NO. The lowest BCUT2D eigenvalue weighted by atomic mass is 9.81. The Morgan fingerprint density at radius 1 is 1.05 bits per heavy atom. The lowest BCUT2D eigenvalue weighted by Gasteiger charge is -2.36. The van der Waals surface area contributed by atoms with Crippen molar-refractivity contribution < 1.29 is 13.5 Å². The normalized spacial score (nSPS) is 14.3. The fraction of sp³-hybridized carbons (Fsp3) is 0.647. The van der Waals surface area contributed by atoms with Crippen LogP contribution in [0.25, 0.3) is 0 Å². The maximum atomic E-state index is 12.1. The molecule has 0 spiro atoms. The van der Waals surface area contributed by atoms with Gasteiger partial charge in [0.05, 0.1) is 0 Å². The van der Waals surface area contributed by atoms with E-state index in [0.29, 0.717) is 0 Å². The quantitative estimate of drug-likeness (QED) is 0.784. The molecule has 0 aromatic heterocycles. The van der Waals surface area contributed by atoms with E-state index in [-0.39, 0.29) is 22.7 Å². The van der Waals surface area contributed by atoms with Gasteiger partial charge >= 0.3 is 6.61 Å². The van der Waals surface area contributed by atoms with E-state index < -0.39 is 6.61 Å². The van der Waals surface area contributed by atoms with Crippen molar-refractivity contribution in [2.45, 2.75) is 66.2 Å². The number of hydrogen-bond acceptors (Lipinski definition) is 2. The first-order valence-corrected chi connectivity index (χ1v) is 7.31. The summed E-state index contributed by atoms with van der Waals surface area (Å²) in [5, 5.41) is 3.60. The van der Waals surface area contributed by atoms with Crippen LogP contribution in [0.3, 0.4) is 0 Å². The summed E-state index contributed by atoms with van der Waals surface area (Å²) in [6, 6.07) is 6.95. The van der Waals surface area contributed by atoms with Crippen molar-refractivity contribution in [2.24, 2.45) is 5.41 Å². The number of hydrogen-bond donors (Lipinski definition) is 1.